The fraction of sp³-hybridized carbons (Fsp3) is 0.846. The Morgan fingerprint density at radius 1 is 0.933 bits per heavy atom. The predicted molar refractivity (Wildman–Crippen MR) is 71.8 cm³/mol. The van der Waals surface area contributed by atoms with Crippen LogP contribution in [0.25, 0.3) is 0 Å². The molecule has 0 aromatic heterocycles. The standard InChI is InChI=1S/C13H28OSi/c1-5-6-7-8-9-10-11-12-13-14-15(2,3)4/h11-12H,5-10,13H2,1-4H3/b12-11+. The average Bonchev–Trinajstić information content (AvgIpc) is 2.14. The van der Waals surface area contributed by atoms with E-state index in [-0.39, 0.29) is 0 Å². The molecule has 1 nitrogen and oxygen atoms in total. The van der Waals surface area contributed by atoms with Gasteiger partial charge in [-0.25, -0.2) is 0 Å². The van der Waals surface area contributed by atoms with Gasteiger partial charge in [0.1, 0.15) is 0 Å². The molecule has 0 heterocycles. The second-order valence-corrected chi connectivity index (χ2v) is 9.61. The number of hydrogen-bond donors (Lipinski definition) is 0. The molecule has 0 bridgehead atoms. The molecule has 0 radical (unpaired) electrons. The summed E-state index contributed by atoms with van der Waals surface area (Å²) in [5, 5.41) is 0. The summed E-state index contributed by atoms with van der Waals surface area (Å²) in [5.41, 5.74) is 0. The molecular weight excluding hydrogens is 200 g/mol. The van der Waals surface area contributed by atoms with Gasteiger partial charge in [0.25, 0.3) is 0 Å². The zero-order chi connectivity index (χ0) is 11.6. The minimum absolute atomic E-state index is 0.810. The lowest BCUT2D eigenvalue weighted by Gasteiger charge is -2.14. The Bertz CT molecular complexity index is 158. The van der Waals surface area contributed by atoms with Crippen LogP contribution in [0.2, 0.25) is 19.6 Å². The summed E-state index contributed by atoms with van der Waals surface area (Å²) in [6.07, 6.45) is 12.5. The van der Waals surface area contributed by atoms with Crippen molar-refractivity contribution in [2.24, 2.45) is 0 Å². The third kappa shape index (κ3) is 13.9. The summed E-state index contributed by atoms with van der Waals surface area (Å²) in [5.74, 6) is 0. The molecule has 90 valence electrons. The fourth-order valence-electron chi connectivity index (χ4n) is 1.35. The molecule has 0 amide bonds. The van der Waals surface area contributed by atoms with E-state index in [0.717, 1.165) is 6.61 Å². The van der Waals surface area contributed by atoms with Crippen LogP contribution in [-0.2, 0) is 4.43 Å². The molecule has 0 spiro atoms. The monoisotopic (exact) mass is 228 g/mol. The molecule has 0 N–H and O–H groups in total. The second kappa shape index (κ2) is 9.17. The Labute approximate surface area is 97.0 Å². The molecule has 2 heteroatoms. The Balaban J connectivity index is 3.18. The molecule has 0 saturated heterocycles. The first kappa shape index (κ1) is 14.9. The van der Waals surface area contributed by atoms with Gasteiger partial charge >= 0.3 is 0 Å². The van der Waals surface area contributed by atoms with Crippen molar-refractivity contribution in [3.05, 3.63) is 12.2 Å². The van der Waals surface area contributed by atoms with Crippen molar-refractivity contribution in [2.45, 2.75) is 65.1 Å². The van der Waals surface area contributed by atoms with Gasteiger partial charge in [-0.3, -0.25) is 0 Å². The van der Waals surface area contributed by atoms with E-state index < -0.39 is 8.32 Å². The molecule has 0 rings (SSSR count). The second-order valence-electron chi connectivity index (χ2n) is 5.10. The van der Waals surface area contributed by atoms with Gasteiger partial charge in [-0.05, 0) is 32.5 Å². The van der Waals surface area contributed by atoms with Crippen LogP contribution in [0.1, 0.15) is 45.4 Å². The van der Waals surface area contributed by atoms with Crippen molar-refractivity contribution >= 4 is 8.32 Å². The van der Waals surface area contributed by atoms with Gasteiger partial charge in [0.2, 0.25) is 0 Å². The van der Waals surface area contributed by atoms with E-state index in [0.29, 0.717) is 0 Å². The van der Waals surface area contributed by atoms with Gasteiger partial charge in [-0.15, -0.1) is 0 Å². The zero-order valence-corrected chi connectivity index (χ0v) is 12.0. The number of allylic oxidation sites excluding steroid dienone is 1. The molecule has 0 aromatic rings. The quantitative estimate of drug-likeness (QED) is 0.314. The first-order chi connectivity index (χ1) is 7.06. The molecule has 0 fully saturated rings. The maximum Gasteiger partial charge on any atom is 0.184 e. The van der Waals surface area contributed by atoms with Crippen molar-refractivity contribution in [3.63, 3.8) is 0 Å². The summed E-state index contributed by atoms with van der Waals surface area (Å²) in [7, 11) is -1.29. The molecule has 0 saturated carbocycles. The van der Waals surface area contributed by atoms with Crippen LogP contribution in [0, 0.1) is 0 Å². The van der Waals surface area contributed by atoms with Crippen LogP contribution in [-0.4, -0.2) is 14.9 Å². The van der Waals surface area contributed by atoms with Gasteiger partial charge < -0.3 is 4.43 Å². The van der Waals surface area contributed by atoms with Crippen molar-refractivity contribution in [2.75, 3.05) is 6.61 Å². The van der Waals surface area contributed by atoms with Crippen molar-refractivity contribution in [3.8, 4) is 0 Å². The Morgan fingerprint density at radius 3 is 2.20 bits per heavy atom. The fourth-order valence-corrected chi connectivity index (χ4v) is 1.95. The normalized spacial score (nSPS) is 12.5. The molecule has 15 heavy (non-hydrogen) atoms. The van der Waals surface area contributed by atoms with Gasteiger partial charge in [-0.1, -0.05) is 44.8 Å². The predicted octanol–water partition coefficient (Wildman–Crippen LogP) is 4.75. The molecule has 0 atom stereocenters. The molecule has 0 unspecified atom stereocenters. The van der Waals surface area contributed by atoms with Crippen LogP contribution < -0.4 is 0 Å². The average molecular weight is 228 g/mol. The van der Waals surface area contributed by atoms with Gasteiger partial charge in [0, 0.05) is 0 Å². The highest BCUT2D eigenvalue weighted by atomic mass is 28.4. The number of rotatable bonds is 9. The highest BCUT2D eigenvalue weighted by Gasteiger charge is 2.11. The molecule has 0 aliphatic carbocycles. The van der Waals surface area contributed by atoms with Crippen LogP contribution in [0.15, 0.2) is 12.2 Å². The van der Waals surface area contributed by atoms with E-state index in [2.05, 4.69) is 38.7 Å². The van der Waals surface area contributed by atoms with E-state index in [1.165, 1.54) is 38.5 Å². The summed E-state index contributed by atoms with van der Waals surface area (Å²) in [6, 6.07) is 0. The van der Waals surface area contributed by atoms with Crippen LogP contribution in [0.3, 0.4) is 0 Å². The molecular formula is C13H28OSi. The summed E-state index contributed by atoms with van der Waals surface area (Å²) in [6.45, 7) is 9.75. The topological polar surface area (TPSA) is 9.23 Å². The number of unbranched alkanes of at least 4 members (excludes halogenated alkanes) is 5. The highest BCUT2D eigenvalue weighted by molar-refractivity contribution is 6.69. The lowest BCUT2D eigenvalue weighted by Crippen LogP contribution is -2.25. The maximum atomic E-state index is 5.73. The van der Waals surface area contributed by atoms with E-state index in [4.69, 9.17) is 4.43 Å². The molecule has 0 aromatic carbocycles. The van der Waals surface area contributed by atoms with Gasteiger partial charge in [0.15, 0.2) is 8.32 Å². The van der Waals surface area contributed by atoms with Crippen molar-refractivity contribution in [1.82, 2.24) is 0 Å². The van der Waals surface area contributed by atoms with E-state index >= 15 is 0 Å². The van der Waals surface area contributed by atoms with E-state index in [9.17, 15) is 0 Å². The van der Waals surface area contributed by atoms with E-state index in [1.54, 1.807) is 0 Å². The maximum absolute atomic E-state index is 5.73. The Morgan fingerprint density at radius 2 is 1.60 bits per heavy atom. The molecule has 0 aliphatic heterocycles. The summed E-state index contributed by atoms with van der Waals surface area (Å²) >= 11 is 0. The Hall–Kier alpha value is -0.0831. The molecule has 0 aliphatic rings. The van der Waals surface area contributed by atoms with Crippen LogP contribution >= 0.6 is 0 Å². The highest BCUT2D eigenvalue weighted by Crippen LogP contribution is 2.06. The summed E-state index contributed by atoms with van der Waals surface area (Å²) in [4.78, 5) is 0. The minimum atomic E-state index is -1.29. The van der Waals surface area contributed by atoms with E-state index in [1.807, 2.05) is 0 Å². The smallest absolute Gasteiger partial charge is 0.184 e. The summed E-state index contributed by atoms with van der Waals surface area (Å²) < 4.78 is 5.73. The zero-order valence-electron chi connectivity index (χ0n) is 11.0. The third-order valence-corrected chi connectivity index (χ3v) is 3.29. The van der Waals surface area contributed by atoms with Gasteiger partial charge in [0.05, 0.1) is 6.61 Å². The minimum Gasteiger partial charge on any atom is -0.414 e. The number of hydrogen-bond acceptors (Lipinski definition) is 1. The SMILES string of the molecule is CCCCCCC/C=C/CO[Si](C)(C)C. The van der Waals surface area contributed by atoms with Crippen molar-refractivity contribution in [1.29, 1.82) is 0 Å². The Kier molecular flexibility index (Phi) is 9.11. The lowest BCUT2D eigenvalue weighted by molar-refractivity contribution is 0.357. The third-order valence-electron chi connectivity index (χ3n) is 2.25. The first-order valence-corrected chi connectivity index (χ1v) is 9.76. The largest absolute Gasteiger partial charge is 0.414 e. The van der Waals surface area contributed by atoms with Crippen molar-refractivity contribution < 1.29 is 4.43 Å². The lowest BCUT2D eigenvalue weighted by atomic mass is 10.1. The van der Waals surface area contributed by atoms with Crippen LogP contribution in [0.5, 0.6) is 0 Å². The van der Waals surface area contributed by atoms with Gasteiger partial charge in [-0.2, -0.15) is 0 Å². The first-order valence-electron chi connectivity index (χ1n) is 6.35. The van der Waals surface area contributed by atoms with Crippen LogP contribution in [0.4, 0.5) is 0 Å².